The molecule has 0 bridgehead atoms. The Morgan fingerprint density at radius 3 is 2.28 bits per heavy atom. The third-order valence-corrected chi connectivity index (χ3v) is 5.80. The number of aliphatic hydroxyl groups is 1. The molecule has 29 heavy (non-hydrogen) atoms. The van der Waals surface area contributed by atoms with Crippen LogP contribution < -0.4 is 0 Å². The van der Waals surface area contributed by atoms with Gasteiger partial charge in [0.15, 0.2) is 0 Å². The SMILES string of the molecule is CC(C)(C)OC(=O)N1CCC2(C=C1c1ccc(C3(O)COC3)cc1)CC(F)(F)C2. The fourth-order valence-electron chi connectivity index (χ4n) is 4.31. The minimum absolute atomic E-state index is 0.194. The summed E-state index contributed by atoms with van der Waals surface area (Å²) in [6, 6.07) is 7.21. The molecule has 1 aromatic carbocycles. The van der Waals surface area contributed by atoms with E-state index in [1.54, 1.807) is 32.9 Å². The third-order valence-electron chi connectivity index (χ3n) is 5.80. The number of hydrogen-bond donors (Lipinski definition) is 1. The molecule has 1 aliphatic carbocycles. The summed E-state index contributed by atoms with van der Waals surface area (Å²) in [6.07, 6.45) is 1.43. The van der Waals surface area contributed by atoms with Crippen molar-refractivity contribution in [2.24, 2.45) is 5.41 Å². The molecule has 7 heteroatoms. The predicted octanol–water partition coefficient (Wildman–Crippen LogP) is 4.30. The van der Waals surface area contributed by atoms with Gasteiger partial charge < -0.3 is 14.6 Å². The maximum Gasteiger partial charge on any atom is 0.414 e. The Kier molecular flexibility index (Phi) is 4.55. The lowest BCUT2D eigenvalue weighted by atomic mass is 9.62. The summed E-state index contributed by atoms with van der Waals surface area (Å²) in [7, 11) is 0. The van der Waals surface area contributed by atoms with E-state index in [0.29, 0.717) is 18.7 Å². The number of halogens is 2. The fourth-order valence-corrected chi connectivity index (χ4v) is 4.31. The summed E-state index contributed by atoms with van der Waals surface area (Å²) in [5.74, 6) is -2.65. The number of hydrogen-bond acceptors (Lipinski definition) is 4. The zero-order valence-corrected chi connectivity index (χ0v) is 17.0. The van der Waals surface area contributed by atoms with Gasteiger partial charge >= 0.3 is 6.09 Å². The summed E-state index contributed by atoms with van der Waals surface area (Å²) in [6.45, 7) is 6.21. The van der Waals surface area contributed by atoms with Crippen LogP contribution in [0.4, 0.5) is 13.6 Å². The molecule has 0 aromatic heterocycles. The smallest absolute Gasteiger partial charge is 0.414 e. The lowest BCUT2D eigenvalue weighted by Gasteiger charge is -2.49. The second-order valence-electron chi connectivity index (χ2n) is 9.59. The highest BCUT2D eigenvalue weighted by Gasteiger charge is 2.56. The Hall–Kier alpha value is -1.99. The summed E-state index contributed by atoms with van der Waals surface area (Å²) < 4.78 is 37.9. The van der Waals surface area contributed by atoms with Gasteiger partial charge in [-0.1, -0.05) is 30.3 Å². The van der Waals surface area contributed by atoms with Crippen LogP contribution in [0.3, 0.4) is 0 Å². The van der Waals surface area contributed by atoms with Crippen LogP contribution in [0.5, 0.6) is 0 Å². The molecule has 0 atom stereocenters. The molecule has 2 heterocycles. The summed E-state index contributed by atoms with van der Waals surface area (Å²) in [5.41, 5.74) is -0.171. The molecule has 0 radical (unpaired) electrons. The van der Waals surface area contributed by atoms with Crippen LogP contribution in [0.25, 0.3) is 5.70 Å². The van der Waals surface area contributed by atoms with Gasteiger partial charge in [0, 0.05) is 24.8 Å². The number of amides is 1. The number of nitrogens with zero attached hydrogens (tertiary/aromatic N) is 1. The van der Waals surface area contributed by atoms with Gasteiger partial charge in [-0.05, 0) is 38.3 Å². The van der Waals surface area contributed by atoms with Crippen molar-refractivity contribution in [3.05, 3.63) is 41.5 Å². The van der Waals surface area contributed by atoms with Gasteiger partial charge in [-0.25, -0.2) is 13.6 Å². The fraction of sp³-hybridized carbons (Fsp3) is 0.591. The molecule has 2 aliphatic heterocycles. The van der Waals surface area contributed by atoms with Crippen LogP contribution in [0.15, 0.2) is 30.3 Å². The van der Waals surface area contributed by atoms with Crippen molar-refractivity contribution < 1.29 is 28.2 Å². The predicted molar refractivity (Wildman–Crippen MR) is 103 cm³/mol. The van der Waals surface area contributed by atoms with Gasteiger partial charge in [0.25, 0.3) is 0 Å². The molecule has 5 nitrogen and oxygen atoms in total. The van der Waals surface area contributed by atoms with Crippen molar-refractivity contribution in [1.29, 1.82) is 0 Å². The third kappa shape index (κ3) is 3.90. The molecule has 3 aliphatic rings. The topological polar surface area (TPSA) is 59.0 Å². The molecular formula is C22H27F2NO4. The number of carbonyl (C=O) groups is 1. The van der Waals surface area contributed by atoms with Crippen molar-refractivity contribution in [1.82, 2.24) is 4.90 Å². The van der Waals surface area contributed by atoms with E-state index in [-0.39, 0.29) is 26.1 Å². The van der Waals surface area contributed by atoms with Crippen LogP contribution >= 0.6 is 0 Å². The summed E-state index contributed by atoms with van der Waals surface area (Å²) >= 11 is 0. The number of benzene rings is 1. The summed E-state index contributed by atoms with van der Waals surface area (Å²) in [4.78, 5) is 14.3. The first-order valence-electron chi connectivity index (χ1n) is 9.93. The molecule has 1 amide bonds. The standard InChI is InChI=1S/C22H27F2NO4/c1-19(2,3)29-18(26)25-9-8-20(11-22(23,24)12-20)10-17(25)15-4-6-16(7-5-15)21(27)13-28-14-21/h4-7,10,27H,8-9,11-14H2,1-3H3. The minimum atomic E-state index is -2.65. The second-order valence-corrected chi connectivity index (χ2v) is 9.59. The van der Waals surface area contributed by atoms with Crippen molar-refractivity contribution in [2.45, 2.75) is 57.2 Å². The molecule has 1 spiro atoms. The maximum atomic E-state index is 13.6. The first-order chi connectivity index (χ1) is 13.4. The molecule has 2 fully saturated rings. The first kappa shape index (κ1) is 20.3. The van der Waals surface area contributed by atoms with E-state index in [1.807, 2.05) is 18.2 Å². The van der Waals surface area contributed by atoms with Gasteiger partial charge in [0.1, 0.15) is 11.2 Å². The number of allylic oxidation sites excluding steroid dienone is 1. The Morgan fingerprint density at radius 1 is 1.17 bits per heavy atom. The molecule has 1 N–H and O–H groups in total. The largest absolute Gasteiger partial charge is 0.443 e. The summed E-state index contributed by atoms with van der Waals surface area (Å²) in [5, 5.41) is 10.4. The van der Waals surface area contributed by atoms with Gasteiger partial charge in [0.2, 0.25) is 5.92 Å². The van der Waals surface area contributed by atoms with Gasteiger partial charge in [-0.15, -0.1) is 0 Å². The van der Waals surface area contributed by atoms with Crippen molar-refractivity contribution in [3.63, 3.8) is 0 Å². The average molecular weight is 407 g/mol. The quantitative estimate of drug-likeness (QED) is 0.794. The lowest BCUT2D eigenvalue weighted by molar-refractivity contribution is -0.184. The zero-order chi connectivity index (χ0) is 21.1. The van der Waals surface area contributed by atoms with Crippen LogP contribution in [0.2, 0.25) is 0 Å². The van der Waals surface area contributed by atoms with Gasteiger partial charge in [-0.2, -0.15) is 0 Å². The van der Waals surface area contributed by atoms with Crippen LogP contribution in [-0.4, -0.2) is 47.4 Å². The highest BCUT2D eigenvalue weighted by atomic mass is 19.3. The van der Waals surface area contributed by atoms with E-state index in [1.165, 1.54) is 4.90 Å². The number of rotatable bonds is 2. The van der Waals surface area contributed by atoms with Crippen LogP contribution in [0.1, 0.15) is 51.2 Å². The molecule has 0 unspecified atom stereocenters. The number of alkyl halides is 2. The molecule has 1 aromatic rings. The molecule has 158 valence electrons. The molecule has 4 rings (SSSR count). The highest BCUT2D eigenvalue weighted by Crippen LogP contribution is 2.57. The Balaban J connectivity index is 1.65. The second kappa shape index (κ2) is 6.51. The molecule has 1 saturated heterocycles. The van der Waals surface area contributed by atoms with Crippen molar-refractivity contribution in [2.75, 3.05) is 19.8 Å². The number of ether oxygens (including phenoxy) is 2. The number of carbonyl (C=O) groups excluding carboxylic acids is 1. The Morgan fingerprint density at radius 2 is 1.79 bits per heavy atom. The van der Waals surface area contributed by atoms with E-state index < -0.39 is 28.6 Å². The normalized spacial score (nSPS) is 24.3. The zero-order valence-electron chi connectivity index (χ0n) is 17.0. The lowest BCUT2D eigenvalue weighted by Crippen LogP contribution is -2.50. The highest BCUT2D eigenvalue weighted by molar-refractivity contribution is 5.83. The first-order valence-corrected chi connectivity index (χ1v) is 9.93. The molecular weight excluding hydrogens is 380 g/mol. The monoisotopic (exact) mass is 407 g/mol. The van der Waals surface area contributed by atoms with Gasteiger partial charge in [-0.3, -0.25) is 4.90 Å². The van der Waals surface area contributed by atoms with E-state index in [2.05, 4.69) is 0 Å². The molecule has 1 saturated carbocycles. The Bertz CT molecular complexity index is 829. The van der Waals surface area contributed by atoms with Gasteiger partial charge in [0.05, 0.1) is 18.9 Å². The van der Waals surface area contributed by atoms with Crippen molar-refractivity contribution in [3.8, 4) is 0 Å². The van der Waals surface area contributed by atoms with Crippen molar-refractivity contribution >= 4 is 11.8 Å². The maximum absolute atomic E-state index is 13.6. The Labute approximate surface area is 169 Å². The van der Waals surface area contributed by atoms with E-state index in [0.717, 1.165) is 11.1 Å². The van der Waals surface area contributed by atoms with Crippen LogP contribution in [0, 0.1) is 5.41 Å². The van der Waals surface area contributed by atoms with E-state index in [4.69, 9.17) is 9.47 Å². The van der Waals surface area contributed by atoms with E-state index in [9.17, 15) is 18.7 Å². The minimum Gasteiger partial charge on any atom is -0.443 e. The van der Waals surface area contributed by atoms with E-state index >= 15 is 0 Å². The average Bonchev–Trinajstić information content (AvgIpc) is 2.56. The van der Waals surface area contributed by atoms with Crippen LogP contribution in [-0.2, 0) is 15.1 Å².